The molecule has 0 unspecified atom stereocenters. The first kappa shape index (κ1) is 9.33. The van der Waals surface area contributed by atoms with Crippen molar-refractivity contribution in [2.45, 2.75) is 0 Å². The Bertz CT molecular complexity index is 475. The van der Waals surface area contributed by atoms with Gasteiger partial charge in [0.1, 0.15) is 5.52 Å². The van der Waals surface area contributed by atoms with Crippen molar-refractivity contribution in [1.82, 2.24) is 9.66 Å². The Morgan fingerprint density at radius 3 is 2.79 bits per heavy atom. The predicted octanol–water partition coefficient (Wildman–Crippen LogP) is 1.58. The fourth-order valence-electron chi connectivity index (χ4n) is 1.49. The molecule has 2 rings (SSSR count). The van der Waals surface area contributed by atoms with Gasteiger partial charge in [0, 0.05) is 18.6 Å². The molecule has 0 amide bonds. The Balaban J connectivity index is 2.86. The summed E-state index contributed by atoms with van der Waals surface area (Å²) in [6.07, 6.45) is 0. The van der Waals surface area contributed by atoms with E-state index in [-0.39, 0.29) is 0 Å². The van der Waals surface area contributed by atoms with Crippen molar-refractivity contribution < 1.29 is 0 Å². The summed E-state index contributed by atoms with van der Waals surface area (Å²) in [6.45, 7) is 0. The molecule has 0 bridgehead atoms. The standard InChI is InChI=1S/C9H11BrN4/c1-13(2)14-8-6(10)4-3-5-7(8)12-9(14)11/h3-5H,1-2H3,(H2,11,12). The highest BCUT2D eigenvalue weighted by Crippen LogP contribution is 2.25. The van der Waals surface area contributed by atoms with Crippen LogP contribution in [-0.4, -0.2) is 23.8 Å². The lowest BCUT2D eigenvalue weighted by atomic mass is 10.3. The summed E-state index contributed by atoms with van der Waals surface area (Å²) in [5, 5.41) is 1.90. The van der Waals surface area contributed by atoms with Crippen LogP contribution in [-0.2, 0) is 0 Å². The van der Waals surface area contributed by atoms with Gasteiger partial charge in [-0.25, -0.2) is 9.66 Å². The second-order valence-electron chi connectivity index (χ2n) is 3.24. The molecule has 4 nitrogen and oxygen atoms in total. The Labute approximate surface area is 90.4 Å². The van der Waals surface area contributed by atoms with Crippen molar-refractivity contribution in [3.05, 3.63) is 22.7 Å². The molecule has 0 radical (unpaired) electrons. The number of para-hydroxylation sites is 1. The van der Waals surface area contributed by atoms with E-state index in [9.17, 15) is 0 Å². The molecule has 0 saturated carbocycles. The van der Waals surface area contributed by atoms with Crippen LogP contribution < -0.4 is 10.7 Å². The van der Waals surface area contributed by atoms with E-state index < -0.39 is 0 Å². The topological polar surface area (TPSA) is 47.1 Å². The van der Waals surface area contributed by atoms with Crippen LogP contribution in [0.2, 0.25) is 0 Å². The summed E-state index contributed by atoms with van der Waals surface area (Å²) in [7, 11) is 3.86. The molecule has 0 fully saturated rings. The fraction of sp³-hybridized carbons (Fsp3) is 0.222. The average molecular weight is 255 g/mol. The summed E-state index contributed by atoms with van der Waals surface area (Å²) in [4.78, 5) is 4.26. The Morgan fingerprint density at radius 1 is 1.43 bits per heavy atom. The Kier molecular flexibility index (Phi) is 2.11. The molecule has 0 spiro atoms. The number of nitrogens with two attached hydrogens (primary N) is 1. The van der Waals surface area contributed by atoms with Crippen LogP contribution in [0.4, 0.5) is 5.95 Å². The molecule has 0 aliphatic carbocycles. The Hall–Kier alpha value is -1.23. The summed E-state index contributed by atoms with van der Waals surface area (Å²) in [5.74, 6) is 0.497. The van der Waals surface area contributed by atoms with Gasteiger partial charge >= 0.3 is 0 Å². The van der Waals surface area contributed by atoms with Gasteiger partial charge < -0.3 is 10.7 Å². The highest BCUT2D eigenvalue weighted by molar-refractivity contribution is 9.10. The van der Waals surface area contributed by atoms with Crippen molar-refractivity contribution in [3.63, 3.8) is 0 Å². The van der Waals surface area contributed by atoms with Gasteiger partial charge in [-0.1, -0.05) is 6.07 Å². The number of imidazole rings is 1. The van der Waals surface area contributed by atoms with Crippen LogP contribution in [0.25, 0.3) is 11.0 Å². The first-order chi connectivity index (χ1) is 6.61. The molecule has 0 aliphatic rings. The van der Waals surface area contributed by atoms with E-state index in [1.165, 1.54) is 0 Å². The summed E-state index contributed by atoms with van der Waals surface area (Å²) >= 11 is 3.49. The van der Waals surface area contributed by atoms with Gasteiger partial charge in [0.2, 0.25) is 5.95 Å². The number of hydrogen-bond donors (Lipinski definition) is 1. The third-order valence-electron chi connectivity index (χ3n) is 2.03. The first-order valence-corrected chi connectivity index (χ1v) is 5.00. The SMILES string of the molecule is CN(C)n1c(N)nc2cccc(Br)c21. The van der Waals surface area contributed by atoms with Gasteiger partial charge in [-0.15, -0.1) is 0 Å². The third kappa shape index (κ3) is 1.24. The molecule has 2 N–H and O–H groups in total. The molecule has 0 atom stereocenters. The predicted molar refractivity (Wildman–Crippen MR) is 61.9 cm³/mol. The lowest BCUT2D eigenvalue weighted by Crippen LogP contribution is -2.26. The van der Waals surface area contributed by atoms with E-state index in [1.807, 2.05) is 42.0 Å². The monoisotopic (exact) mass is 254 g/mol. The Morgan fingerprint density at radius 2 is 2.14 bits per heavy atom. The van der Waals surface area contributed by atoms with Gasteiger partial charge in [0.05, 0.1) is 5.52 Å². The van der Waals surface area contributed by atoms with E-state index in [0.29, 0.717) is 5.95 Å². The van der Waals surface area contributed by atoms with Gasteiger partial charge in [-0.05, 0) is 28.1 Å². The molecular formula is C9H11BrN4. The van der Waals surface area contributed by atoms with E-state index in [1.54, 1.807) is 0 Å². The maximum atomic E-state index is 5.81. The van der Waals surface area contributed by atoms with E-state index >= 15 is 0 Å². The van der Waals surface area contributed by atoms with Gasteiger partial charge in [0.25, 0.3) is 0 Å². The average Bonchev–Trinajstić information content (AvgIpc) is 2.42. The normalized spacial score (nSPS) is 10.8. The van der Waals surface area contributed by atoms with Crippen LogP contribution >= 0.6 is 15.9 Å². The quantitative estimate of drug-likeness (QED) is 0.841. The number of hydrogen-bond acceptors (Lipinski definition) is 3. The molecule has 0 saturated heterocycles. The fourth-order valence-corrected chi connectivity index (χ4v) is 2.02. The number of nitrogen functional groups attached to an aromatic ring is 1. The van der Waals surface area contributed by atoms with Crippen LogP contribution in [0.5, 0.6) is 0 Å². The lowest BCUT2D eigenvalue weighted by Gasteiger charge is -2.16. The molecule has 14 heavy (non-hydrogen) atoms. The minimum absolute atomic E-state index is 0.497. The minimum atomic E-state index is 0.497. The highest BCUT2D eigenvalue weighted by atomic mass is 79.9. The lowest BCUT2D eigenvalue weighted by molar-refractivity contribution is 0.764. The number of rotatable bonds is 1. The third-order valence-corrected chi connectivity index (χ3v) is 2.67. The molecule has 1 heterocycles. The van der Waals surface area contributed by atoms with Gasteiger partial charge in [-0.2, -0.15) is 0 Å². The van der Waals surface area contributed by atoms with Crippen molar-refractivity contribution >= 4 is 32.9 Å². The van der Waals surface area contributed by atoms with E-state index in [2.05, 4.69) is 20.9 Å². The van der Waals surface area contributed by atoms with Crippen LogP contribution in [0.1, 0.15) is 0 Å². The second kappa shape index (κ2) is 3.16. The molecule has 2 aromatic rings. The molecular weight excluding hydrogens is 244 g/mol. The van der Waals surface area contributed by atoms with Gasteiger partial charge in [0.15, 0.2) is 0 Å². The molecule has 1 aromatic heterocycles. The zero-order valence-electron chi connectivity index (χ0n) is 8.03. The molecule has 1 aromatic carbocycles. The molecule has 74 valence electrons. The zero-order chi connectivity index (χ0) is 10.3. The molecule has 5 heteroatoms. The molecule has 0 aliphatic heterocycles. The zero-order valence-corrected chi connectivity index (χ0v) is 9.62. The maximum Gasteiger partial charge on any atom is 0.220 e. The van der Waals surface area contributed by atoms with Crippen molar-refractivity contribution in [2.75, 3.05) is 24.8 Å². The smallest absolute Gasteiger partial charge is 0.220 e. The number of fused-ring (bicyclic) bond motifs is 1. The van der Waals surface area contributed by atoms with Crippen molar-refractivity contribution in [3.8, 4) is 0 Å². The van der Waals surface area contributed by atoms with Crippen LogP contribution in [0.15, 0.2) is 22.7 Å². The number of anilines is 1. The number of benzene rings is 1. The second-order valence-corrected chi connectivity index (χ2v) is 4.09. The van der Waals surface area contributed by atoms with E-state index in [4.69, 9.17) is 5.73 Å². The van der Waals surface area contributed by atoms with Crippen LogP contribution in [0, 0.1) is 0 Å². The number of nitrogens with zero attached hydrogens (tertiary/aromatic N) is 3. The van der Waals surface area contributed by atoms with Crippen molar-refractivity contribution in [1.29, 1.82) is 0 Å². The minimum Gasteiger partial charge on any atom is -0.368 e. The summed E-state index contributed by atoms with van der Waals surface area (Å²) < 4.78 is 2.85. The largest absolute Gasteiger partial charge is 0.368 e. The number of aromatic nitrogens is 2. The van der Waals surface area contributed by atoms with Crippen molar-refractivity contribution in [2.24, 2.45) is 0 Å². The number of halogens is 1. The summed E-state index contributed by atoms with van der Waals surface area (Å²) in [5.41, 5.74) is 7.70. The first-order valence-electron chi connectivity index (χ1n) is 4.21. The van der Waals surface area contributed by atoms with Crippen LogP contribution in [0.3, 0.4) is 0 Å². The highest BCUT2D eigenvalue weighted by Gasteiger charge is 2.11. The summed E-state index contributed by atoms with van der Waals surface area (Å²) in [6, 6.07) is 5.86. The van der Waals surface area contributed by atoms with E-state index in [0.717, 1.165) is 15.5 Å². The maximum absolute atomic E-state index is 5.81. The van der Waals surface area contributed by atoms with Gasteiger partial charge in [-0.3, -0.25) is 0 Å².